The van der Waals surface area contributed by atoms with Gasteiger partial charge in [-0.05, 0) is 18.8 Å². The minimum absolute atomic E-state index is 0.117. The molecule has 72 valence electrons. The molecule has 0 aromatic rings. The van der Waals surface area contributed by atoms with E-state index in [1.54, 1.807) is 0 Å². The van der Waals surface area contributed by atoms with Gasteiger partial charge in [0.1, 0.15) is 0 Å². The second-order valence-electron chi connectivity index (χ2n) is 3.53. The van der Waals surface area contributed by atoms with Crippen LogP contribution in [0.15, 0.2) is 0 Å². The van der Waals surface area contributed by atoms with Crippen LogP contribution in [0, 0.1) is 5.92 Å². The lowest BCUT2D eigenvalue weighted by Crippen LogP contribution is -2.29. The fourth-order valence-corrected chi connectivity index (χ4v) is 1.39. The first kappa shape index (κ1) is 9.84. The molecule has 12 heavy (non-hydrogen) atoms. The van der Waals surface area contributed by atoms with Crippen molar-refractivity contribution in [3.8, 4) is 0 Å². The highest BCUT2D eigenvalue weighted by Gasteiger charge is 2.45. The second-order valence-corrected chi connectivity index (χ2v) is 3.53. The third-order valence-corrected chi connectivity index (χ3v) is 2.16. The highest BCUT2D eigenvalue weighted by atomic mass is 19.4. The van der Waals surface area contributed by atoms with Gasteiger partial charge in [-0.15, -0.1) is 0 Å². The summed E-state index contributed by atoms with van der Waals surface area (Å²) in [5, 5.41) is 0. The highest BCUT2D eigenvalue weighted by Crippen LogP contribution is 2.35. The SMILES string of the molecule is CC(C)C1CCC(C(F)(F)F)O1. The summed E-state index contributed by atoms with van der Waals surface area (Å²) in [7, 11) is 0. The van der Waals surface area contributed by atoms with E-state index >= 15 is 0 Å². The van der Waals surface area contributed by atoms with Crippen molar-refractivity contribution in [2.24, 2.45) is 5.92 Å². The van der Waals surface area contributed by atoms with Crippen molar-refractivity contribution in [3.05, 3.63) is 0 Å². The van der Waals surface area contributed by atoms with Gasteiger partial charge in [-0.2, -0.15) is 13.2 Å². The Balaban J connectivity index is 2.46. The van der Waals surface area contributed by atoms with Crippen molar-refractivity contribution in [2.75, 3.05) is 0 Å². The molecule has 2 unspecified atom stereocenters. The van der Waals surface area contributed by atoms with Crippen LogP contribution in [-0.4, -0.2) is 18.4 Å². The summed E-state index contributed by atoms with van der Waals surface area (Å²) in [5.74, 6) is 0.178. The molecule has 1 aliphatic heterocycles. The second kappa shape index (κ2) is 3.24. The first-order valence-corrected chi connectivity index (χ1v) is 4.13. The smallest absolute Gasteiger partial charge is 0.365 e. The van der Waals surface area contributed by atoms with Gasteiger partial charge in [0.2, 0.25) is 0 Å². The van der Waals surface area contributed by atoms with E-state index in [1.807, 2.05) is 13.8 Å². The lowest BCUT2D eigenvalue weighted by Gasteiger charge is -2.18. The monoisotopic (exact) mass is 182 g/mol. The van der Waals surface area contributed by atoms with E-state index in [9.17, 15) is 13.2 Å². The average molecular weight is 182 g/mol. The molecule has 1 nitrogen and oxygen atoms in total. The lowest BCUT2D eigenvalue weighted by atomic mass is 10.0. The van der Waals surface area contributed by atoms with Gasteiger partial charge in [0, 0.05) is 0 Å². The van der Waals surface area contributed by atoms with Crippen LogP contribution in [0.5, 0.6) is 0 Å². The van der Waals surface area contributed by atoms with Crippen LogP contribution in [0.25, 0.3) is 0 Å². The molecule has 0 spiro atoms. The summed E-state index contributed by atoms with van der Waals surface area (Å²) >= 11 is 0. The summed E-state index contributed by atoms with van der Waals surface area (Å²) < 4.78 is 41.1. The zero-order chi connectivity index (χ0) is 9.35. The van der Waals surface area contributed by atoms with Crippen LogP contribution in [0.3, 0.4) is 0 Å². The van der Waals surface area contributed by atoms with E-state index in [1.165, 1.54) is 0 Å². The normalized spacial score (nSPS) is 31.5. The van der Waals surface area contributed by atoms with Gasteiger partial charge >= 0.3 is 6.18 Å². The molecular formula is C8H13F3O. The number of hydrogen-bond acceptors (Lipinski definition) is 1. The van der Waals surface area contributed by atoms with E-state index in [0.29, 0.717) is 6.42 Å². The largest absolute Gasteiger partial charge is 0.414 e. The highest BCUT2D eigenvalue weighted by molar-refractivity contribution is 4.80. The van der Waals surface area contributed by atoms with Gasteiger partial charge in [0.25, 0.3) is 0 Å². The lowest BCUT2D eigenvalue weighted by molar-refractivity contribution is -0.217. The average Bonchev–Trinajstić information content (AvgIpc) is 2.30. The van der Waals surface area contributed by atoms with Crippen molar-refractivity contribution in [1.29, 1.82) is 0 Å². The molecule has 1 rings (SSSR count). The van der Waals surface area contributed by atoms with E-state index in [0.717, 1.165) is 0 Å². The Morgan fingerprint density at radius 2 is 1.83 bits per heavy atom. The number of alkyl halides is 3. The van der Waals surface area contributed by atoms with Crippen LogP contribution in [0.4, 0.5) is 13.2 Å². The van der Waals surface area contributed by atoms with Gasteiger partial charge < -0.3 is 4.74 Å². The van der Waals surface area contributed by atoms with Gasteiger partial charge in [0.15, 0.2) is 6.10 Å². The summed E-state index contributed by atoms with van der Waals surface area (Å²) in [6.07, 6.45) is -5.26. The van der Waals surface area contributed by atoms with Gasteiger partial charge in [-0.3, -0.25) is 0 Å². The summed E-state index contributed by atoms with van der Waals surface area (Å²) in [6, 6.07) is 0. The summed E-state index contributed by atoms with van der Waals surface area (Å²) in [5.41, 5.74) is 0. The first-order valence-electron chi connectivity index (χ1n) is 4.13. The zero-order valence-electron chi connectivity index (χ0n) is 7.19. The molecular weight excluding hydrogens is 169 g/mol. The van der Waals surface area contributed by atoms with Crippen LogP contribution in [-0.2, 0) is 4.74 Å². The fourth-order valence-electron chi connectivity index (χ4n) is 1.39. The Kier molecular flexibility index (Phi) is 2.66. The molecule has 0 bridgehead atoms. The predicted molar refractivity (Wildman–Crippen MR) is 38.8 cm³/mol. The molecule has 1 fully saturated rings. The minimum Gasteiger partial charge on any atom is -0.365 e. The predicted octanol–water partition coefficient (Wildman–Crippen LogP) is 2.75. The Morgan fingerprint density at radius 1 is 1.25 bits per heavy atom. The molecule has 0 N–H and O–H groups in total. The van der Waals surface area contributed by atoms with Crippen LogP contribution < -0.4 is 0 Å². The third kappa shape index (κ3) is 2.12. The molecule has 0 amide bonds. The van der Waals surface area contributed by atoms with Crippen molar-refractivity contribution >= 4 is 0 Å². The van der Waals surface area contributed by atoms with Crippen molar-refractivity contribution in [3.63, 3.8) is 0 Å². The molecule has 1 heterocycles. The van der Waals surface area contributed by atoms with Crippen LogP contribution >= 0.6 is 0 Å². The molecule has 0 aromatic heterocycles. The molecule has 4 heteroatoms. The molecule has 0 radical (unpaired) electrons. The van der Waals surface area contributed by atoms with E-state index in [-0.39, 0.29) is 18.4 Å². The quantitative estimate of drug-likeness (QED) is 0.605. The number of rotatable bonds is 1. The maximum absolute atomic E-state index is 12.1. The standard InChI is InChI=1S/C8H13F3O/c1-5(2)6-3-4-7(12-6)8(9,10)11/h5-7H,3-4H2,1-2H3. The third-order valence-electron chi connectivity index (χ3n) is 2.16. The van der Waals surface area contributed by atoms with Crippen molar-refractivity contribution in [1.82, 2.24) is 0 Å². The van der Waals surface area contributed by atoms with Gasteiger partial charge in [0.05, 0.1) is 6.10 Å². The topological polar surface area (TPSA) is 9.23 Å². The van der Waals surface area contributed by atoms with Crippen molar-refractivity contribution in [2.45, 2.75) is 45.1 Å². The number of halogens is 3. The summed E-state index contributed by atoms with van der Waals surface area (Å²) in [6.45, 7) is 3.76. The van der Waals surface area contributed by atoms with Crippen LogP contribution in [0.2, 0.25) is 0 Å². The van der Waals surface area contributed by atoms with Crippen LogP contribution in [0.1, 0.15) is 26.7 Å². The van der Waals surface area contributed by atoms with E-state index in [2.05, 4.69) is 0 Å². The number of hydrogen-bond donors (Lipinski definition) is 0. The minimum atomic E-state index is -4.18. The van der Waals surface area contributed by atoms with Gasteiger partial charge in [-0.1, -0.05) is 13.8 Å². The fraction of sp³-hybridized carbons (Fsp3) is 1.00. The Bertz CT molecular complexity index is 153. The maximum atomic E-state index is 12.1. The maximum Gasteiger partial charge on any atom is 0.414 e. The molecule has 0 saturated carbocycles. The van der Waals surface area contributed by atoms with Gasteiger partial charge in [-0.25, -0.2) is 0 Å². The molecule has 1 aliphatic rings. The van der Waals surface area contributed by atoms with Crippen molar-refractivity contribution < 1.29 is 17.9 Å². The number of ether oxygens (including phenoxy) is 1. The Hall–Kier alpha value is -0.250. The Labute approximate surface area is 69.9 Å². The Morgan fingerprint density at radius 3 is 2.08 bits per heavy atom. The summed E-state index contributed by atoms with van der Waals surface area (Å²) in [4.78, 5) is 0. The molecule has 2 atom stereocenters. The van der Waals surface area contributed by atoms with E-state index < -0.39 is 12.3 Å². The van der Waals surface area contributed by atoms with E-state index in [4.69, 9.17) is 4.74 Å². The molecule has 0 aromatic carbocycles. The molecule has 0 aliphatic carbocycles. The molecule has 1 saturated heterocycles. The zero-order valence-corrected chi connectivity index (χ0v) is 7.19. The first-order chi connectivity index (χ1) is 5.41.